The van der Waals surface area contributed by atoms with Crippen LogP contribution in [0.4, 0.5) is 22.0 Å². The van der Waals surface area contributed by atoms with Crippen LogP contribution in [0.25, 0.3) is 10.9 Å². The molecule has 12 heteroatoms. The number of benzene rings is 1. The number of aromatic nitrogens is 3. The first-order chi connectivity index (χ1) is 16.6. The molecule has 184 valence electrons. The van der Waals surface area contributed by atoms with Crippen molar-refractivity contribution in [1.82, 2.24) is 24.6 Å². The molecule has 0 radical (unpaired) electrons. The smallest absolute Gasteiger partial charge is 0.337 e. The Morgan fingerprint density at radius 3 is 2.49 bits per heavy atom. The first-order valence-electron chi connectivity index (χ1n) is 11.0. The lowest BCUT2D eigenvalue weighted by atomic mass is 9.93. The van der Waals surface area contributed by atoms with E-state index in [1.54, 1.807) is 12.1 Å². The Balaban J connectivity index is 1.41. The van der Waals surface area contributed by atoms with Gasteiger partial charge in [-0.05, 0) is 25.0 Å². The molecule has 2 aliphatic rings. The fourth-order valence-electron chi connectivity index (χ4n) is 4.78. The second kappa shape index (κ2) is 8.58. The predicted molar refractivity (Wildman–Crippen MR) is 113 cm³/mol. The number of hydrogen-bond acceptors (Lipinski definition) is 4. The molecule has 0 saturated carbocycles. The Labute approximate surface area is 196 Å². The maximum Gasteiger partial charge on any atom is 0.408 e. The molecule has 7 nitrogen and oxygen atoms in total. The van der Waals surface area contributed by atoms with Crippen LogP contribution in [0.1, 0.15) is 34.8 Å². The highest BCUT2D eigenvalue weighted by molar-refractivity contribution is 5.95. The summed E-state index contributed by atoms with van der Waals surface area (Å²) in [5.41, 5.74) is 0.655. The summed E-state index contributed by atoms with van der Waals surface area (Å²) >= 11 is 0. The number of amides is 2. The van der Waals surface area contributed by atoms with Gasteiger partial charge in [0.1, 0.15) is 24.2 Å². The second-order valence-electron chi connectivity index (χ2n) is 8.75. The summed E-state index contributed by atoms with van der Waals surface area (Å²) in [5.74, 6) is -3.22. The van der Waals surface area contributed by atoms with Gasteiger partial charge in [-0.1, -0.05) is 0 Å². The minimum Gasteiger partial charge on any atom is -0.337 e. The molecule has 0 bridgehead atoms. The summed E-state index contributed by atoms with van der Waals surface area (Å²) in [6.07, 6.45) is -1.55. The Bertz CT molecular complexity index is 1290. The van der Waals surface area contributed by atoms with Gasteiger partial charge in [-0.25, -0.2) is 8.78 Å². The van der Waals surface area contributed by atoms with Crippen molar-refractivity contribution >= 4 is 22.7 Å². The molecule has 2 aliphatic heterocycles. The van der Waals surface area contributed by atoms with Crippen molar-refractivity contribution in [2.24, 2.45) is 0 Å². The maximum absolute atomic E-state index is 14.8. The van der Waals surface area contributed by atoms with E-state index in [-0.39, 0.29) is 60.9 Å². The average Bonchev–Trinajstić information content (AvgIpc) is 3.39. The Morgan fingerprint density at radius 1 is 1.09 bits per heavy atom. The number of likely N-dealkylation sites (tertiary alicyclic amines) is 2. The van der Waals surface area contributed by atoms with Crippen LogP contribution in [0.15, 0.2) is 36.7 Å². The molecule has 1 aromatic carbocycles. The molecule has 1 atom stereocenters. The second-order valence-corrected chi connectivity index (χ2v) is 8.75. The zero-order valence-electron chi connectivity index (χ0n) is 18.3. The van der Waals surface area contributed by atoms with Gasteiger partial charge in [0.25, 0.3) is 5.91 Å². The summed E-state index contributed by atoms with van der Waals surface area (Å²) in [5, 5.41) is 4.31. The van der Waals surface area contributed by atoms with Gasteiger partial charge in [0, 0.05) is 55.6 Å². The largest absolute Gasteiger partial charge is 0.408 e. The number of carbonyl (C=O) groups is 2. The van der Waals surface area contributed by atoms with Gasteiger partial charge in [0.15, 0.2) is 0 Å². The van der Waals surface area contributed by atoms with Crippen LogP contribution in [0.5, 0.6) is 0 Å². The first-order valence-corrected chi connectivity index (χ1v) is 11.0. The normalized spacial score (nSPS) is 18.8. The van der Waals surface area contributed by atoms with Gasteiger partial charge in [-0.3, -0.25) is 19.3 Å². The fraction of sp³-hybridized carbons (Fsp3) is 0.391. The molecule has 0 aliphatic carbocycles. The third-order valence-electron chi connectivity index (χ3n) is 6.52. The highest BCUT2D eigenvalue weighted by atomic mass is 19.4. The van der Waals surface area contributed by atoms with Gasteiger partial charge in [-0.15, -0.1) is 0 Å². The van der Waals surface area contributed by atoms with Crippen molar-refractivity contribution in [3.63, 3.8) is 0 Å². The van der Waals surface area contributed by atoms with Gasteiger partial charge < -0.3 is 9.80 Å². The molecule has 35 heavy (non-hydrogen) atoms. The molecule has 2 aromatic heterocycles. The van der Waals surface area contributed by atoms with Gasteiger partial charge in [0.2, 0.25) is 5.91 Å². The van der Waals surface area contributed by atoms with Gasteiger partial charge >= 0.3 is 6.18 Å². The van der Waals surface area contributed by atoms with Crippen LogP contribution >= 0.6 is 0 Å². The van der Waals surface area contributed by atoms with Gasteiger partial charge in [0.05, 0.1) is 16.6 Å². The molecule has 2 saturated heterocycles. The molecular weight excluding hydrogens is 473 g/mol. The number of halogens is 5. The van der Waals surface area contributed by atoms with Crippen LogP contribution in [0.3, 0.4) is 0 Å². The van der Waals surface area contributed by atoms with E-state index in [1.807, 2.05) is 0 Å². The molecule has 5 rings (SSSR count). The van der Waals surface area contributed by atoms with E-state index in [4.69, 9.17) is 0 Å². The SMILES string of the molecule is O=C(c1ccncc1)N1CC(c2nn(CC(=O)N3CCC[C@H]3C(F)(F)F)c3cc(F)cc(F)c23)C1. The third-order valence-corrected chi connectivity index (χ3v) is 6.52. The summed E-state index contributed by atoms with van der Waals surface area (Å²) in [6, 6.07) is 2.95. The lowest BCUT2D eigenvalue weighted by Gasteiger charge is -2.38. The zero-order chi connectivity index (χ0) is 24.9. The topological polar surface area (TPSA) is 71.3 Å². The van der Waals surface area contributed by atoms with Crippen molar-refractivity contribution in [1.29, 1.82) is 0 Å². The standard InChI is InChI=1S/C23H20F5N5O2/c24-15-8-16(25)20-17(9-15)33(12-19(34)32-7-1-2-18(32)23(26,27)28)30-21(20)14-10-31(11-14)22(35)13-3-5-29-6-4-13/h3-6,8-9,14,18H,1-2,7,10-12H2/t18-/m0/s1. The van der Waals surface area contributed by atoms with E-state index < -0.39 is 36.3 Å². The molecule has 2 amide bonds. The minimum absolute atomic E-state index is 0.00555. The molecule has 2 fully saturated rings. The minimum atomic E-state index is -4.56. The molecular formula is C23H20F5N5O2. The van der Waals surface area contributed by atoms with Crippen LogP contribution in [0.2, 0.25) is 0 Å². The van der Waals surface area contributed by atoms with Crippen LogP contribution in [-0.2, 0) is 11.3 Å². The summed E-state index contributed by atoms with van der Waals surface area (Å²) < 4.78 is 69.8. The molecule has 4 heterocycles. The predicted octanol–water partition coefficient (Wildman–Crippen LogP) is 3.50. The number of pyridine rings is 1. The Kier molecular flexibility index (Phi) is 5.68. The molecule has 3 aromatic rings. The zero-order valence-corrected chi connectivity index (χ0v) is 18.3. The van der Waals surface area contributed by atoms with Gasteiger partial charge in [-0.2, -0.15) is 18.3 Å². The number of fused-ring (bicyclic) bond motifs is 1. The Morgan fingerprint density at radius 2 is 1.80 bits per heavy atom. The number of alkyl halides is 3. The lowest BCUT2D eigenvalue weighted by molar-refractivity contribution is -0.183. The van der Waals surface area contributed by atoms with Crippen molar-refractivity contribution in [2.45, 2.75) is 37.5 Å². The van der Waals surface area contributed by atoms with Crippen molar-refractivity contribution < 1.29 is 31.5 Å². The highest BCUT2D eigenvalue weighted by Crippen LogP contribution is 2.36. The summed E-state index contributed by atoms with van der Waals surface area (Å²) in [7, 11) is 0. The van der Waals surface area contributed by atoms with Crippen LogP contribution in [0, 0.1) is 11.6 Å². The first kappa shape index (κ1) is 23.2. The summed E-state index contributed by atoms with van der Waals surface area (Å²) in [4.78, 5) is 31.5. The summed E-state index contributed by atoms with van der Waals surface area (Å²) in [6.45, 7) is -0.189. The molecule has 0 N–H and O–H groups in total. The van der Waals surface area contributed by atoms with Crippen LogP contribution < -0.4 is 0 Å². The van der Waals surface area contributed by atoms with E-state index in [0.717, 1.165) is 15.6 Å². The van der Waals surface area contributed by atoms with E-state index >= 15 is 0 Å². The number of rotatable bonds is 4. The van der Waals surface area contributed by atoms with Crippen molar-refractivity contribution in [3.8, 4) is 0 Å². The van der Waals surface area contributed by atoms with E-state index in [9.17, 15) is 31.5 Å². The van der Waals surface area contributed by atoms with Crippen LogP contribution in [-0.4, -0.2) is 68.2 Å². The quantitative estimate of drug-likeness (QED) is 0.522. The Hall–Kier alpha value is -3.57. The monoisotopic (exact) mass is 493 g/mol. The molecule has 0 unspecified atom stereocenters. The van der Waals surface area contributed by atoms with E-state index in [0.29, 0.717) is 11.6 Å². The highest BCUT2D eigenvalue weighted by Gasteiger charge is 2.47. The van der Waals surface area contributed by atoms with E-state index in [1.165, 1.54) is 17.3 Å². The maximum atomic E-state index is 14.8. The van der Waals surface area contributed by atoms with Crippen molar-refractivity contribution in [2.75, 3.05) is 19.6 Å². The third kappa shape index (κ3) is 4.21. The lowest BCUT2D eigenvalue weighted by Crippen LogP contribution is -2.48. The van der Waals surface area contributed by atoms with Crippen molar-refractivity contribution in [3.05, 3.63) is 59.6 Å². The fourth-order valence-corrected chi connectivity index (χ4v) is 4.78. The average molecular weight is 493 g/mol. The number of carbonyl (C=O) groups excluding carboxylic acids is 2. The number of hydrogen-bond donors (Lipinski definition) is 0. The van der Waals surface area contributed by atoms with E-state index in [2.05, 4.69) is 10.1 Å². The number of nitrogens with zero attached hydrogens (tertiary/aromatic N) is 5. The molecule has 0 spiro atoms.